The zero-order chi connectivity index (χ0) is 23.9. The zero-order valence-corrected chi connectivity index (χ0v) is 19.7. The molecule has 1 aromatic carbocycles. The van der Waals surface area contributed by atoms with Gasteiger partial charge in [-0.25, -0.2) is 4.79 Å². The molecular formula is C24H28N4O5. The van der Waals surface area contributed by atoms with Crippen molar-refractivity contribution in [2.75, 3.05) is 18.7 Å². The number of esters is 1. The predicted octanol–water partition coefficient (Wildman–Crippen LogP) is 4.11. The molecular weight excluding hydrogens is 424 g/mol. The first-order valence-electron chi connectivity index (χ1n) is 10.7. The molecule has 0 spiro atoms. The number of ether oxygens (including phenoxy) is 3. The van der Waals surface area contributed by atoms with E-state index < -0.39 is 11.9 Å². The summed E-state index contributed by atoms with van der Waals surface area (Å²) in [5, 5.41) is 7.39. The van der Waals surface area contributed by atoms with Crippen molar-refractivity contribution in [3.63, 3.8) is 0 Å². The number of fused-ring (bicyclic) bond motifs is 1. The number of aryl methyl sites for hydroxylation is 2. The minimum absolute atomic E-state index is 0.154. The Hall–Kier alpha value is -3.75. The van der Waals surface area contributed by atoms with Crippen LogP contribution in [0.3, 0.4) is 0 Å². The van der Waals surface area contributed by atoms with Crippen molar-refractivity contribution in [1.29, 1.82) is 0 Å². The Balaban J connectivity index is 1.77. The van der Waals surface area contributed by atoms with E-state index >= 15 is 0 Å². The Bertz CT molecular complexity index is 1230. The molecule has 0 atom stereocenters. The zero-order valence-electron chi connectivity index (χ0n) is 19.7. The van der Waals surface area contributed by atoms with Gasteiger partial charge in [-0.2, -0.15) is 5.10 Å². The molecule has 33 heavy (non-hydrogen) atoms. The lowest BCUT2D eigenvalue weighted by atomic mass is 10.1. The smallest absolute Gasteiger partial charge is 0.357 e. The molecule has 0 unspecified atom stereocenters. The predicted molar refractivity (Wildman–Crippen MR) is 123 cm³/mol. The first-order chi connectivity index (χ1) is 15.6. The lowest BCUT2D eigenvalue weighted by Gasteiger charge is -2.21. The topological polar surface area (TPSA) is 96.6 Å². The molecule has 0 saturated heterocycles. The fraction of sp³-hybridized carbons (Fsp3) is 0.375. The molecule has 0 bridgehead atoms. The van der Waals surface area contributed by atoms with Gasteiger partial charge in [-0.1, -0.05) is 6.07 Å². The van der Waals surface area contributed by atoms with Gasteiger partial charge in [0.15, 0.2) is 22.9 Å². The Kier molecular flexibility index (Phi) is 5.65. The van der Waals surface area contributed by atoms with E-state index in [2.05, 4.69) is 10.4 Å². The standard InChI is InChI=1S/C24H28N4O5/c1-7-31-23(30)21-20(25-22(29)17-10-14(2)28(26-17)24(3,4)5)16(12-27(21)6)15-8-9-18-19(11-15)33-13-32-18/h8-12H,7,13H2,1-6H3,(H,25,29). The van der Waals surface area contributed by atoms with Gasteiger partial charge in [-0.15, -0.1) is 0 Å². The minimum Gasteiger partial charge on any atom is -0.461 e. The van der Waals surface area contributed by atoms with Crippen LogP contribution in [-0.2, 0) is 17.3 Å². The average Bonchev–Trinajstić information content (AvgIpc) is 3.44. The number of hydrogen-bond donors (Lipinski definition) is 1. The minimum atomic E-state index is -0.529. The highest BCUT2D eigenvalue weighted by molar-refractivity contribution is 6.10. The molecule has 0 saturated carbocycles. The molecule has 1 N–H and O–H groups in total. The summed E-state index contributed by atoms with van der Waals surface area (Å²) in [5.41, 5.74) is 2.85. The number of hydrogen-bond acceptors (Lipinski definition) is 6. The second kappa shape index (κ2) is 8.31. The third kappa shape index (κ3) is 4.18. The van der Waals surface area contributed by atoms with Crippen LogP contribution in [0.2, 0.25) is 0 Å². The van der Waals surface area contributed by atoms with Gasteiger partial charge in [0, 0.05) is 24.5 Å². The lowest BCUT2D eigenvalue weighted by Crippen LogP contribution is -2.25. The number of carbonyl (C=O) groups excluding carboxylic acids is 2. The maximum absolute atomic E-state index is 13.2. The monoisotopic (exact) mass is 452 g/mol. The molecule has 0 fully saturated rings. The average molecular weight is 453 g/mol. The Morgan fingerprint density at radius 2 is 1.91 bits per heavy atom. The molecule has 3 aromatic rings. The summed E-state index contributed by atoms with van der Waals surface area (Å²) >= 11 is 0. The molecule has 1 aliphatic heterocycles. The number of nitrogens with zero attached hydrogens (tertiary/aromatic N) is 3. The van der Waals surface area contributed by atoms with Gasteiger partial charge in [0.25, 0.3) is 5.91 Å². The van der Waals surface area contributed by atoms with Gasteiger partial charge < -0.3 is 24.1 Å². The normalized spacial score (nSPS) is 12.7. The molecule has 3 heterocycles. The van der Waals surface area contributed by atoms with E-state index in [0.717, 1.165) is 11.3 Å². The van der Waals surface area contributed by atoms with Gasteiger partial charge in [0.2, 0.25) is 6.79 Å². The van der Waals surface area contributed by atoms with E-state index in [-0.39, 0.29) is 30.3 Å². The van der Waals surface area contributed by atoms with E-state index in [9.17, 15) is 9.59 Å². The molecule has 174 valence electrons. The van der Waals surface area contributed by atoms with Gasteiger partial charge in [-0.05, 0) is 58.4 Å². The molecule has 9 heteroatoms. The molecule has 0 aliphatic carbocycles. The molecule has 4 rings (SSSR count). The SMILES string of the molecule is CCOC(=O)c1c(NC(=O)c2cc(C)n(C(C)(C)C)n2)c(-c2ccc3c(c2)OCO3)cn1C. The third-order valence-electron chi connectivity index (χ3n) is 5.33. The summed E-state index contributed by atoms with van der Waals surface area (Å²) < 4.78 is 19.6. The number of carbonyl (C=O) groups is 2. The van der Waals surface area contributed by atoms with Crippen LogP contribution in [0.4, 0.5) is 5.69 Å². The van der Waals surface area contributed by atoms with E-state index in [1.54, 1.807) is 41.5 Å². The van der Waals surface area contributed by atoms with Crippen molar-refractivity contribution in [3.05, 3.63) is 47.5 Å². The number of nitrogens with one attached hydrogen (secondary N) is 1. The quantitative estimate of drug-likeness (QED) is 0.585. The van der Waals surface area contributed by atoms with Crippen LogP contribution < -0.4 is 14.8 Å². The second-order valence-electron chi connectivity index (χ2n) is 8.87. The molecule has 1 aliphatic rings. The molecule has 1 amide bonds. The van der Waals surface area contributed by atoms with Gasteiger partial charge >= 0.3 is 5.97 Å². The van der Waals surface area contributed by atoms with Gasteiger partial charge in [0.05, 0.1) is 17.8 Å². The first kappa shape index (κ1) is 22.4. The van der Waals surface area contributed by atoms with E-state index in [1.807, 2.05) is 39.8 Å². The third-order valence-corrected chi connectivity index (χ3v) is 5.33. The van der Waals surface area contributed by atoms with Gasteiger partial charge in [0.1, 0.15) is 0 Å². The highest BCUT2D eigenvalue weighted by Crippen LogP contribution is 2.40. The van der Waals surface area contributed by atoms with Crippen molar-refractivity contribution >= 4 is 17.6 Å². The number of amides is 1. The molecule has 2 aromatic heterocycles. The fourth-order valence-corrected chi connectivity index (χ4v) is 3.92. The van der Waals surface area contributed by atoms with Crippen LogP contribution >= 0.6 is 0 Å². The summed E-state index contributed by atoms with van der Waals surface area (Å²) in [5.74, 6) is 0.304. The fourth-order valence-electron chi connectivity index (χ4n) is 3.92. The highest BCUT2D eigenvalue weighted by atomic mass is 16.7. The highest BCUT2D eigenvalue weighted by Gasteiger charge is 2.27. The van der Waals surface area contributed by atoms with E-state index in [0.29, 0.717) is 22.7 Å². The van der Waals surface area contributed by atoms with Crippen molar-refractivity contribution in [2.24, 2.45) is 7.05 Å². The van der Waals surface area contributed by atoms with Gasteiger partial charge in [-0.3, -0.25) is 9.48 Å². The van der Waals surface area contributed by atoms with Crippen molar-refractivity contribution < 1.29 is 23.8 Å². The summed E-state index contributed by atoms with van der Waals surface area (Å²) in [7, 11) is 1.73. The number of rotatable bonds is 5. The van der Waals surface area contributed by atoms with Crippen molar-refractivity contribution in [3.8, 4) is 22.6 Å². The molecule has 9 nitrogen and oxygen atoms in total. The van der Waals surface area contributed by atoms with Crippen LogP contribution in [0, 0.1) is 6.92 Å². The lowest BCUT2D eigenvalue weighted by molar-refractivity contribution is 0.0516. The van der Waals surface area contributed by atoms with Crippen LogP contribution in [0.15, 0.2) is 30.5 Å². The second-order valence-corrected chi connectivity index (χ2v) is 8.87. The summed E-state index contributed by atoms with van der Waals surface area (Å²) in [4.78, 5) is 26.0. The summed E-state index contributed by atoms with van der Waals surface area (Å²) in [6.07, 6.45) is 1.78. The van der Waals surface area contributed by atoms with Crippen LogP contribution in [0.1, 0.15) is 54.4 Å². The van der Waals surface area contributed by atoms with E-state index in [1.165, 1.54) is 0 Å². The Morgan fingerprint density at radius 3 is 2.58 bits per heavy atom. The summed E-state index contributed by atoms with van der Waals surface area (Å²) in [6.45, 7) is 10.1. The number of benzene rings is 1. The molecule has 0 radical (unpaired) electrons. The van der Waals surface area contributed by atoms with Crippen LogP contribution in [0.5, 0.6) is 11.5 Å². The maximum atomic E-state index is 13.2. The Morgan fingerprint density at radius 1 is 1.18 bits per heavy atom. The number of aromatic nitrogens is 3. The van der Waals surface area contributed by atoms with Crippen molar-refractivity contribution in [1.82, 2.24) is 14.3 Å². The van der Waals surface area contributed by atoms with Crippen molar-refractivity contribution in [2.45, 2.75) is 40.2 Å². The van der Waals surface area contributed by atoms with E-state index in [4.69, 9.17) is 14.2 Å². The first-order valence-corrected chi connectivity index (χ1v) is 10.7. The largest absolute Gasteiger partial charge is 0.461 e. The van der Waals surface area contributed by atoms with Crippen LogP contribution in [0.25, 0.3) is 11.1 Å². The number of anilines is 1. The van der Waals surface area contributed by atoms with Crippen LogP contribution in [-0.4, -0.2) is 39.6 Å². The Labute approximate surface area is 192 Å². The summed E-state index contributed by atoms with van der Waals surface area (Å²) in [6, 6.07) is 7.20. The maximum Gasteiger partial charge on any atom is 0.357 e.